The van der Waals surface area contributed by atoms with Crippen LogP contribution in [0.4, 0.5) is 0 Å². The van der Waals surface area contributed by atoms with Crippen molar-refractivity contribution in [2.75, 3.05) is 0 Å². The number of fused-ring (bicyclic) bond motifs is 13. The van der Waals surface area contributed by atoms with E-state index in [9.17, 15) is 0 Å². The zero-order valence-electron chi connectivity index (χ0n) is 39.4. The first-order chi connectivity index (χ1) is 36.2. The quantitative estimate of drug-likeness (QED) is 0.158. The largest absolute Gasteiger partial charge is 0.309 e. The van der Waals surface area contributed by atoms with Gasteiger partial charge in [0.15, 0.2) is 0 Å². The monoisotopic (exact) mass is 946 g/mol. The molecule has 16 rings (SSSR count). The Morgan fingerprint density at radius 3 is 0.973 bits per heavy atom. The second kappa shape index (κ2) is 15.5. The molecule has 5 heteroatoms. The van der Waals surface area contributed by atoms with Gasteiger partial charge in [0.2, 0.25) is 0 Å². The second-order valence-corrected chi connectivity index (χ2v) is 20.3. The third-order valence-electron chi connectivity index (χ3n) is 15.3. The van der Waals surface area contributed by atoms with Gasteiger partial charge in [-0.1, -0.05) is 152 Å². The van der Waals surface area contributed by atoms with Crippen LogP contribution in [0.15, 0.2) is 255 Å². The number of benzene rings is 11. The Balaban J connectivity index is 0.937. The van der Waals surface area contributed by atoms with Crippen molar-refractivity contribution in [3.8, 4) is 45.1 Å². The smallest absolute Gasteiger partial charge is 0.0619 e. The molecule has 0 spiro atoms. The lowest BCUT2D eigenvalue weighted by atomic mass is 9.98. The first-order valence-electron chi connectivity index (χ1n) is 25.0. The SMILES string of the molecule is c1ccc(-c2c(-c3ccccc3)n(-c3ccc4sc5ccc(-n6c7ccc(-n8c9ccccc9c9ccccc98)cc7c7cc(-n8c9ccccc9c9ccccc98)ccc76)cc5c4c3)c3ccccc23)cc1. The van der Waals surface area contributed by atoms with E-state index in [1.807, 2.05) is 11.3 Å². The minimum atomic E-state index is 1.13. The standard InChI is InChI=1S/C68H42N4S/c1-3-17-43(18-4-1)67-53-25-11-16-30-62(53)72(68(67)44-19-5-2-6-20-44)48-34-38-66-57(42-48)56-41-47(33-37-65(56)73-66)71-63-35-31-45(69-58-26-12-7-21-49(58)50-22-8-13-27-59(50)69)39-54(63)55-40-46(32-36-64(55)71)70-60-28-14-9-23-51(60)52-24-10-15-29-61(52)70/h1-42H. The van der Waals surface area contributed by atoms with Crippen molar-refractivity contribution in [2.24, 2.45) is 0 Å². The van der Waals surface area contributed by atoms with Crippen molar-refractivity contribution in [3.63, 3.8) is 0 Å². The second-order valence-electron chi connectivity index (χ2n) is 19.2. The molecule has 4 nitrogen and oxygen atoms in total. The lowest BCUT2D eigenvalue weighted by molar-refractivity contribution is 1.14. The van der Waals surface area contributed by atoms with E-state index >= 15 is 0 Å². The summed E-state index contributed by atoms with van der Waals surface area (Å²) < 4.78 is 12.4. The molecular weight excluding hydrogens is 905 g/mol. The molecule has 0 atom stereocenters. The normalized spacial score (nSPS) is 12.1. The third-order valence-corrected chi connectivity index (χ3v) is 16.5. The number of nitrogens with zero attached hydrogens (tertiary/aromatic N) is 4. The molecule has 0 aliphatic rings. The molecule has 11 aromatic carbocycles. The van der Waals surface area contributed by atoms with Crippen LogP contribution in [-0.4, -0.2) is 18.3 Å². The van der Waals surface area contributed by atoms with E-state index in [0.29, 0.717) is 0 Å². The molecule has 0 aliphatic heterocycles. The van der Waals surface area contributed by atoms with E-state index in [1.165, 1.54) is 119 Å². The molecule has 0 saturated carbocycles. The fraction of sp³-hybridized carbons (Fsp3) is 0. The van der Waals surface area contributed by atoms with Crippen molar-refractivity contribution < 1.29 is 0 Å². The topological polar surface area (TPSA) is 19.7 Å². The predicted octanol–water partition coefficient (Wildman–Crippen LogP) is 18.6. The lowest BCUT2D eigenvalue weighted by Gasteiger charge is -2.14. The molecule has 0 unspecified atom stereocenters. The minimum absolute atomic E-state index is 1.13. The van der Waals surface area contributed by atoms with Crippen molar-refractivity contribution in [3.05, 3.63) is 255 Å². The first-order valence-corrected chi connectivity index (χ1v) is 25.8. The molecule has 0 N–H and O–H groups in total. The predicted molar refractivity (Wildman–Crippen MR) is 310 cm³/mol. The highest BCUT2D eigenvalue weighted by Gasteiger charge is 2.23. The van der Waals surface area contributed by atoms with Crippen LogP contribution < -0.4 is 0 Å². The molecule has 5 heterocycles. The number of rotatable bonds is 6. The maximum Gasteiger partial charge on any atom is 0.0619 e. The van der Waals surface area contributed by atoms with E-state index in [4.69, 9.17) is 0 Å². The fourth-order valence-electron chi connectivity index (χ4n) is 12.3. The maximum atomic E-state index is 2.49. The molecule has 5 aromatic heterocycles. The number of para-hydroxylation sites is 5. The molecule has 340 valence electrons. The van der Waals surface area contributed by atoms with Gasteiger partial charge in [0.05, 0.1) is 44.3 Å². The zero-order valence-corrected chi connectivity index (χ0v) is 40.3. The summed E-state index contributed by atoms with van der Waals surface area (Å²) >= 11 is 1.87. The Labute approximate surface area is 423 Å². The molecule has 16 aromatic rings. The summed E-state index contributed by atoms with van der Waals surface area (Å²) in [5.74, 6) is 0. The Hall–Kier alpha value is -9.42. The number of hydrogen-bond donors (Lipinski definition) is 0. The van der Waals surface area contributed by atoms with Crippen LogP contribution in [0, 0.1) is 0 Å². The van der Waals surface area contributed by atoms with Crippen LogP contribution in [0.3, 0.4) is 0 Å². The summed E-state index contributed by atoms with van der Waals surface area (Å²) in [6.45, 7) is 0. The van der Waals surface area contributed by atoms with Gasteiger partial charge in [-0.25, -0.2) is 0 Å². The summed E-state index contributed by atoms with van der Waals surface area (Å²) in [5.41, 5.74) is 17.7. The van der Waals surface area contributed by atoms with Crippen molar-refractivity contribution in [2.45, 2.75) is 0 Å². The van der Waals surface area contributed by atoms with E-state index in [0.717, 1.165) is 22.7 Å². The Kier molecular flexibility index (Phi) is 8.58. The number of aromatic nitrogens is 4. The van der Waals surface area contributed by atoms with Crippen molar-refractivity contribution in [1.82, 2.24) is 18.3 Å². The van der Waals surface area contributed by atoms with Crippen LogP contribution in [0.2, 0.25) is 0 Å². The highest BCUT2D eigenvalue weighted by molar-refractivity contribution is 7.25. The minimum Gasteiger partial charge on any atom is -0.309 e. The molecule has 0 radical (unpaired) electrons. The summed E-state index contributed by atoms with van der Waals surface area (Å²) in [6.07, 6.45) is 0. The maximum absolute atomic E-state index is 2.49. The van der Waals surface area contributed by atoms with Crippen LogP contribution in [0.5, 0.6) is 0 Å². The van der Waals surface area contributed by atoms with E-state index in [-0.39, 0.29) is 0 Å². The van der Waals surface area contributed by atoms with Crippen LogP contribution in [0.25, 0.3) is 142 Å². The van der Waals surface area contributed by atoms with E-state index in [2.05, 4.69) is 273 Å². The average molecular weight is 947 g/mol. The Morgan fingerprint density at radius 2 is 0.534 bits per heavy atom. The van der Waals surface area contributed by atoms with Gasteiger partial charge in [-0.2, -0.15) is 0 Å². The van der Waals surface area contributed by atoms with Gasteiger partial charge in [0.25, 0.3) is 0 Å². The van der Waals surface area contributed by atoms with Gasteiger partial charge in [-0.3, -0.25) is 0 Å². The highest BCUT2D eigenvalue weighted by Crippen LogP contribution is 2.46. The number of thiophene rings is 1. The van der Waals surface area contributed by atoms with Gasteiger partial charge in [0, 0.05) is 86.2 Å². The molecule has 0 saturated heterocycles. The van der Waals surface area contributed by atoms with Crippen molar-refractivity contribution in [1.29, 1.82) is 0 Å². The highest BCUT2D eigenvalue weighted by atomic mass is 32.1. The summed E-state index contributed by atoms with van der Waals surface area (Å²) in [5, 5.41) is 11.2. The molecule has 0 bridgehead atoms. The van der Waals surface area contributed by atoms with Gasteiger partial charge in [0.1, 0.15) is 0 Å². The first kappa shape index (κ1) is 40.3. The molecular formula is C68H42N4S. The van der Waals surface area contributed by atoms with E-state index < -0.39 is 0 Å². The van der Waals surface area contributed by atoms with Gasteiger partial charge in [-0.15, -0.1) is 11.3 Å². The Morgan fingerprint density at radius 1 is 0.219 bits per heavy atom. The molecule has 73 heavy (non-hydrogen) atoms. The zero-order chi connectivity index (χ0) is 47.7. The molecule has 0 fully saturated rings. The summed E-state index contributed by atoms with van der Waals surface area (Å²) in [7, 11) is 0. The lowest BCUT2D eigenvalue weighted by Crippen LogP contribution is -1.97. The van der Waals surface area contributed by atoms with Crippen LogP contribution in [-0.2, 0) is 0 Å². The molecule has 0 amide bonds. The Bertz CT molecular complexity index is 4630. The number of hydrogen-bond acceptors (Lipinski definition) is 1. The fourth-order valence-corrected chi connectivity index (χ4v) is 13.3. The summed E-state index contributed by atoms with van der Waals surface area (Å²) in [6, 6.07) is 94.1. The van der Waals surface area contributed by atoms with E-state index in [1.54, 1.807) is 0 Å². The molecule has 0 aliphatic carbocycles. The van der Waals surface area contributed by atoms with Gasteiger partial charge in [-0.05, 0) is 114 Å². The van der Waals surface area contributed by atoms with Crippen LogP contribution in [0.1, 0.15) is 0 Å². The van der Waals surface area contributed by atoms with Gasteiger partial charge >= 0.3 is 0 Å². The average Bonchev–Trinajstić information content (AvgIpc) is 4.26. The van der Waals surface area contributed by atoms with Crippen LogP contribution >= 0.6 is 11.3 Å². The summed E-state index contributed by atoms with van der Waals surface area (Å²) in [4.78, 5) is 0. The van der Waals surface area contributed by atoms with Gasteiger partial charge < -0.3 is 18.3 Å². The third kappa shape index (κ3) is 5.88. The van der Waals surface area contributed by atoms with Crippen molar-refractivity contribution >= 4 is 108 Å².